The second-order valence-electron chi connectivity index (χ2n) is 8.78. The normalized spacial score (nSPS) is 11.6. The van der Waals surface area contributed by atoms with E-state index in [2.05, 4.69) is 23.8 Å². The van der Waals surface area contributed by atoms with Crippen LogP contribution in [0, 0.1) is 5.82 Å². The molecule has 0 aromatic heterocycles. The van der Waals surface area contributed by atoms with Gasteiger partial charge in [0.1, 0.15) is 17.3 Å². The Morgan fingerprint density at radius 2 is 1.25 bits per heavy atom. The molecular weight excluding hydrogens is 468 g/mol. The minimum Gasteiger partial charge on any atom is -0.494 e. The van der Waals surface area contributed by atoms with Gasteiger partial charge in [0.05, 0.1) is 6.61 Å². The van der Waals surface area contributed by atoms with Crippen LogP contribution in [0.15, 0.2) is 78.9 Å². The van der Waals surface area contributed by atoms with Crippen LogP contribution in [0.1, 0.15) is 35.6 Å². The monoisotopic (exact) mass is 496 g/mol. The van der Waals surface area contributed by atoms with Crippen molar-refractivity contribution < 1.29 is 27.0 Å². The molecule has 0 saturated heterocycles. The van der Waals surface area contributed by atoms with E-state index in [9.17, 15) is 13.2 Å². The lowest BCUT2D eigenvalue weighted by Crippen LogP contribution is -2.17. The molecule has 0 amide bonds. The van der Waals surface area contributed by atoms with E-state index >= 15 is 4.39 Å². The van der Waals surface area contributed by atoms with Gasteiger partial charge in [0.15, 0.2) is 0 Å². The average Bonchev–Trinajstić information content (AvgIpc) is 2.86. The zero-order valence-corrected chi connectivity index (χ0v) is 20.1. The summed E-state index contributed by atoms with van der Waals surface area (Å²) >= 11 is 0. The van der Waals surface area contributed by atoms with E-state index < -0.39 is 6.36 Å². The number of fused-ring (bicyclic) bond motifs is 1. The highest BCUT2D eigenvalue weighted by atomic mass is 19.4. The fourth-order valence-corrected chi connectivity index (χ4v) is 4.13. The first-order chi connectivity index (χ1) is 17.3. The zero-order chi connectivity index (χ0) is 25.5. The average molecular weight is 497 g/mol. The van der Waals surface area contributed by atoms with E-state index in [-0.39, 0.29) is 11.6 Å². The van der Waals surface area contributed by atoms with Gasteiger partial charge in [-0.2, -0.15) is 0 Å². The predicted octanol–water partition coefficient (Wildman–Crippen LogP) is 8.24. The molecule has 6 heteroatoms. The van der Waals surface area contributed by atoms with E-state index in [1.165, 1.54) is 17.7 Å². The number of ether oxygens (including phenoxy) is 2. The molecule has 188 valence electrons. The van der Waals surface area contributed by atoms with Crippen LogP contribution in [0.4, 0.5) is 17.6 Å². The molecule has 36 heavy (non-hydrogen) atoms. The number of benzene rings is 4. The van der Waals surface area contributed by atoms with Gasteiger partial charge in [-0.05, 0) is 84.0 Å². The molecule has 0 aliphatic rings. The molecule has 0 aliphatic heterocycles. The summed E-state index contributed by atoms with van der Waals surface area (Å²) in [6, 6.07) is 23.4. The smallest absolute Gasteiger partial charge is 0.494 e. The van der Waals surface area contributed by atoms with Crippen LogP contribution < -0.4 is 9.47 Å². The lowest BCUT2D eigenvalue weighted by Gasteiger charge is -2.11. The molecule has 2 nitrogen and oxygen atoms in total. The molecule has 0 N–H and O–H groups in total. The van der Waals surface area contributed by atoms with E-state index in [0.717, 1.165) is 41.5 Å². The van der Waals surface area contributed by atoms with E-state index in [0.29, 0.717) is 30.4 Å². The second kappa shape index (κ2) is 11.5. The van der Waals surface area contributed by atoms with Crippen LogP contribution in [0.3, 0.4) is 0 Å². The van der Waals surface area contributed by atoms with Crippen molar-refractivity contribution in [1.29, 1.82) is 0 Å². The van der Waals surface area contributed by atoms with Gasteiger partial charge < -0.3 is 9.47 Å². The van der Waals surface area contributed by atoms with Crippen LogP contribution in [0.2, 0.25) is 0 Å². The van der Waals surface area contributed by atoms with Crippen molar-refractivity contribution in [3.8, 4) is 11.5 Å². The number of aryl methyl sites for hydroxylation is 4. The Hall–Kier alpha value is -3.54. The predicted molar refractivity (Wildman–Crippen MR) is 134 cm³/mol. The van der Waals surface area contributed by atoms with Crippen molar-refractivity contribution >= 4 is 10.8 Å². The molecule has 0 saturated carbocycles. The van der Waals surface area contributed by atoms with Gasteiger partial charge in [-0.1, -0.05) is 61.5 Å². The fraction of sp³-hybridized carbons (Fsp3) is 0.267. The van der Waals surface area contributed by atoms with Gasteiger partial charge >= 0.3 is 6.36 Å². The summed E-state index contributed by atoms with van der Waals surface area (Å²) in [4.78, 5) is 0. The highest BCUT2D eigenvalue weighted by Gasteiger charge is 2.30. The number of alkyl halides is 3. The van der Waals surface area contributed by atoms with Gasteiger partial charge in [-0.3, -0.25) is 0 Å². The van der Waals surface area contributed by atoms with Crippen molar-refractivity contribution in [3.05, 3.63) is 107 Å². The number of rotatable bonds is 10. The Labute approximate surface area is 208 Å². The molecule has 4 rings (SSSR count). The minimum absolute atomic E-state index is 0.251. The van der Waals surface area contributed by atoms with Crippen LogP contribution >= 0.6 is 0 Å². The summed E-state index contributed by atoms with van der Waals surface area (Å²) in [6.45, 7) is 2.79. The number of hydrogen-bond donors (Lipinski definition) is 0. The maximum atomic E-state index is 15.2. The van der Waals surface area contributed by atoms with Crippen molar-refractivity contribution in [2.45, 2.75) is 45.4 Å². The summed E-state index contributed by atoms with van der Waals surface area (Å²) in [6.07, 6.45) is -1.06. The van der Waals surface area contributed by atoms with E-state index in [1.807, 2.05) is 36.4 Å². The molecule has 4 aromatic carbocycles. The first kappa shape index (κ1) is 25.5. The minimum atomic E-state index is -4.72. The maximum Gasteiger partial charge on any atom is 0.573 e. The standard InChI is InChI=1S/C30H28F4O2/c1-2-19-35-26-14-6-21(7-15-26)3-4-23-10-18-28-25(20-23)13-12-24(29(28)31)11-5-22-8-16-27(17-9-22)36-30(32,33)34/h6-10,12-18,20H,2-5,11,19H2,1H3. The van der Waals surface area contributed by atoms with Crippen LogP contribution in [-0.4, -0.2) is 13.0 Å². The first-order valence-corrected chi connectivity index (χ1v) is 12.1. The Morgan fingerprint density at radius 3 is 1.89 bits per heavy atom. The number of halogens is 4. The molecule has 0 unspecified atom stereocenters. The van der Waals surface area contributed by atoms with E-state index in [1.54, 1.807) is 18.2 Å². The van der Waals surface area contributed by atoms with Crippen LogP contribution in [0.5, 0.6) is 11.5 Å². The third-order valence-electron chi connectivity index (χ3n) is 6.04. The Kier molecular flexibility index (Phi) is 8.14. The Morgan fingerprint density at radius 1 is 0.667 bits per heavy atom. The Balaban J connectivity index is 1.36. The van der Waals surface area contributed by atoms with Gasteiger partial charge in [-0.15, -0.1) is 13.2 Å². The summed E-state index contributed by atoms with van der Waals surface area (Å²) in [5.74, 6) is 0.362. The van der Waals surface area contributed by atoms with Gasteiger partial charge in [0.2, 0.25) is 0 Å². The lowest BCUT2D eigenvalue weighted by atomic mass is 9.97. The summed E-state index contributed by atoms with van der Waals surface area (Å²) in [5, 5.41) is 1.42. The van der Waals surface area contributed by atoms with Gasteiger partial charge in [0.25, 0.3) is 0 Å². The summed E-state index contributed by atoms with van der Waals surface area (Å²) in [7, 11) is 0. The van der Waals surface area contributed by atoms with Crippen molar-refractivity contribution in [2.24, 2.45) is 0 Å². The number of hydrogen-bond acceptors (Lipinski definition) is 2. The Bertz CT molecular complexity index is 1280. The second-order valence-corrected chi connectivity index (χ2v) is 8.78. The van der Waals surface area contributed by atoms with Gasteiger partial charge in [-0.25, -0.2) is 4.39 Å². The van der Waals surface area contributed by atoms with Crippen molar-refractivity contribution in [1.82, 2.24) is 0 Å². The molecule has 0 fully saturated rings. The third-order valence-corrected chi connectivity index (χ3v) is 6.04. The molecule has 0 heterocycles. The molecule has 0 bridgehead atoms. The highest BCUT2D eigenvalue weighted by molar-refractivity contribution is 5.84. The lowest BCUT2D eigenvalue weighted by molar-refractivity contribution is -0.274. The highest BCUT2D eigenvalue weighted by Crippen LogP contribution is 2.26. The molecule has 4 aromatic rings. The maximum absolute atomic E-state index is 15.2. The van der Waals surface area contributed by atoms with E-state index in [4.69, 9.17) is 4.74 Å². The van der Waals surface area contributed by atoms with Gasteiger partial charge in [0, 0.05) is 5.39 Å². The quantitative estimate of drug-likeness (QED) is 0.206. The topological polar surface area (TPSA) is 18.5 Å². The summed E-state index contributed by atoms with van der Waals surface area (Å²) in [5.41, 5.74) is 3.75. The summed E-state index contributed by atoms with van der Waals surface area (Å²) < 4.78 is 61.6. The van der Waals surface area contributed by atoms with Crippen molar-refractivity contribution in [3.63, 3.8) is 0 Å². The first-order valence-electron chi connectivity index (χ1n) is 12.1. The fourth-order valence-electron chi connectivity index (χ4n) is 4.13. The van der Waals surface area contributed by atoms with Crippen LogP contribution in [0.25, 0.3) is 10.8 Å². The molecule has 0 atom stereocenters. The third kappa shape index (κ3) is 7.00. The van der Waals surface area contributed by atoms with Crippen LogP contribution in [-0.2, 0) is 25.7 Å². The molecule has 0 spiro atoms. The molecule has 0 radical (unpaired) electrons. The molecular formula is C30H28F4O2. The largest absolute Gasteiger partial charge is 0.573 e. The van der Waals surface area contributed by atoms with Crippen molar-refractivity contribution in [2.75, 3.05) is 6.61 Å². The SMILES string of the molecule is CCCOc1ccc(CCc2ccc3c(F)c(CCc4ccc(OC(F)(F)F)cc4)ccc3c2)cc1. The molecule has 0 aliphatic carbocycles. The zero-order valence-electron chi connectivity index (χ0n) is 20.1.